The largest absolute Gasteiger partial charge is 0.481 e. The predicted molar refractivity (Wildman–Crippen MR) is 102 cm³/mol. The Kier molecular flexibility index (Phi) is 5.73. The number of aliphatic carboxylic acids is 1. The van der Waals surface area contributed by atoms with Crippen LogP contribution in [-0.2, 0) is 4.79 Å². The van der Waals surface area contributed by atoms with Gasteiger partial charge in [0.15, 0.2) is 0 Å². The van der Waals surface area contributed by atoms with E-state index in [9.17, 15) is 23.9 Å². The molecule has 3 rings (SSSR count). The number of halogens is 1. The van der Waals surface area contributed by atoms with Gasteiger partial charge in [-0.25, -0.2) is 4.39 Å². The summed E-state index contributed by atoms with van der Waals surface area (Å²) in [5, 5.41) is 12.0. The van der Waals surface area contributed by atoms with Crippen molar-refractivity contribution in [2.75, 3.05) is 11.9 Å². The van der Waals surface area contributed by atoms with Crippen LogP contribution < -0.4 is 5.32 Å². The van der Waals surface area contributed by atoms with Crippen LogP contribution >= 0.6 is 0 Å². The molecule has 0 unspecified atom stereocenters. The van der Waals surface area contributed by atoms with E-state index in [1.165, 1.54) is 24.3 Å². The lowest BCUT2D eigenvalue weighted by Gasteiger charge is -2.37. The standard InChI is InChI=1S/C21H21FN2O4/c1-13-18(21(27)28)6-3-11-24(13)20(26)15-4-2-5-17(12-15)23-19(25)14-7-9-16(22)10-8-14/h2,4-5,7-10,12-13,18H,3,6,11H2,1H3,(H,23,25)(H,27,28)/t13-,18-/m1/s1. The number of anilines is 1. The van der Waals surface area contributed by atoms with E-state index in [1.54, 1.807) is 36.1 Å². The summed E-state index contributed by atoms with van der Waals surface area (Å²) >= 11 is 0. The zero-order chi connectivity index (χ0) is 20.3. The molecule has 2 atom stereocenters. The molecule has 1 aliphatic rings. The molecule has 0 spiro atoms. The number of rotatable bonds is 4. The molecule has 2 aromatic carbocycles. The van der Waals surface area contributed by atoms with E-state index in [0.717, 1.165) is 0 Å². The van der Waals surface area contributed by atoms with Gasteiger partial charge in [-0.15, -0.1) is 0 Å². The molecule has 0 bridgehead atoms. The van der Waals surface area contributed by atoms with Crippen LogP contribution in [0.2, 0.25) is 0 Å². The average molecular weight is 384 g/mol. The third-order valence-corrected chi connectivity index (χ3v) is 5.04. The first kappa shape index (κ1) is 19.5. The zero-order valence-electron chi connectivity index (χ0n) is 15.4. The number of amides is 2. The van der Waals surface area contributed by atoms with Crippen molar-refractivity contribution >= 4 is 23.5 Å². The fraction of sp³-hybridized carbons (Fsp3) is 0.286. The maximum atomic E-state index is 13.0. The van der Waals surface area contributed by atoms with Crippen molar-refractivity contribution < 1.29 is 23.9 Å². The Morgan fingerprint density at radius 1 is 1.11 bits per heavy atom. The Hall–Kier alpha value is -3.22. The highest BCUT2D eigenvalue weighted by Gasteiger charge is 2.35. The Labute approximate surface area is 162 Å². The molecule has 0 aliphatic carbocycles. The van der Waals surface area contributed by atoms with Gasteiger partial charge in [0.1, 0.15) is 5.82 Å². The molecule has 7 heteroatoms. The summed E-state index contributed by atoms with van der Waals surface area (Å²) in [5.41, 5.74) is 1.10. The van der Waals surface area contributed by atoms with Crippen molar-refractivity contribution in [1.29, 1.82) is 0 Å². The summed E-state index contributed by atoms with van der Waals surface area (Å²) < 4.78 is 13.0. The Bertz CT molecular complexity index is 898. The van der Waals surface area contributed by atoms with E-state index in [1.807, 2.05) is 0 Å². The van der Waals surface area contributed by atoms with Gasteiger partial charge in [-0.1, -0.05) is 6.07 Å². The predicted octanol–water partition coefficient (Wildman–Crippen LogP) is 3.40. The van der Waals surface area contributed by atoms with Crippen LogP contribution in [0.15, 0.2) is 48.5 Å². The molecule has 146 valence electrons. The van der Waals surface area contributed by atoms with E-state index in [0.29, 0.717) is 36.2 Å². The molecule has 2 N–H and O–H groups in total. The number of benzene rings is 2. The number of carboxylic acids is 1. The van der Waals surface area contributed by atoms with Gasteiger partial charge in [-0.2, -0.15) is 0 Å². The SMILES string of the molecule is C[C@@H]1[C@H](C(=O)O)CCCN1C(=O)c1cccc(NC(=O)c2ccc(F)cc2)c1. The lowest BCUT2D eigenvalue weighted by atomic mass is 9.90. The van der Waals surface area contributed by atoms with E-state index in [2.05, 4.69) is 5.32 Å². The molecule has 1 saturated heterocycles. The molecule has 2 amide bonds. The number of carbonyl (C=O) groups is 3. The van der Waals surface area contributed by atoms with E-state index < -0.39 is 29.7 Å². The van der Waals surface area contributed by atoms with Gasteiger partial charge < -0.3 is 15.3 Å². The second-order valence-corrected chi connectivity index (χ2v) is 6.87. The Balaban J connectivity index is 1.75. The third kappa shape index (κ3) is 4.19. The van der Waals surface area contributed by atoms with E-state index >= 15 is 0 Å². The topological polar surface area (TPSA) is 86.7 Å². The van der Waals surface area contributed by atoms with Crippen molar-refractivity contribution in [3.05, 3.63) is 65.5 Å². The van der Waals surface area contributed by atoms with Gasteiger partial charge in [0, 0.05) is 29.4 Å². The first-order chi connectivity index (χ1) is 13.4. The van der Waals surface area contributed by atoms with Gasteiger partial charge in [-0.3, -0.25) is 14.4 Å². The summed E-state index contributed by atoms with van der Waals surface area (Å²) in [6, 6.07) is 11.2. The van der Waals surface area contributed by atoms with Gasteiger partial charge >= 0.3 is 5.97 Å². The average Bonchev–Trinajstić information content (AvgIpc) is 2.68. The highest BCUT2D eigenvalue weighted by Crippen LogP contribution is 2.26. The molecular weight excluding hydrogens is 363 g/mol. The van der Waals surface area contributed by atoms with Gasteiger partial charge in [0.05, 0.1) is 5.92 Å². The molecule has 1 aliphatic heterocycles. The molecule has 1 fully saturated rings. The van der Waals surface area contributed by atoms with Gasteiger partial charge in [0.2, 0.25) is 0 Å². The smallest absolute Gasteiger partial charge is 0.308 e. The molecule has 28 heavy (non-hydrogen) atoms. The fourth-order valence-electron chi connectivity index (χ4n) is 3.46. The zero-order valence-corrected chi connectivity index (χ0v) is 15.4. The number of hydrogen-bond donors (Lipinski definition) is 2. The van der Waals surface area contributed by atoms with Gasteiger partial charge in [-0.05, 0) is 62.2 Å². The molecule has 2 aromatic rings. The van der Waals surface area contributed by atoms with Crippen LogP contribution in [0.4, 0.5) is 10.1 Å². The minimum atomic E-state index is -0.898. The number of likely N-dealkylation sites (tertiary alicyclic amines) is 1. The molecule has 0 aromatic heterocycles. The van der Waals surface area contributed by atoms with E-state index in [-0.39, 0.29) is 5.91 Å². The first-order valence-electron chi connectivity index (χ1n) is 9.07. The lowest BCUT2D eigenvalue weighted by molar-refractivity contribution is -0.144. The van der Waals surface area contributed by atoms with Crippen LogP contribution in [0.1, 0.15) is 40.5 Å². The van der Waals surface area contributed by atoms with Crippen LogP contribution in [0, 0.1) is 11.7 Å². The summed E-state index contributed by atoms with van der Waals surface area (Å²) in [5.74, 6) is -2.60. The molecular formula is C21H21FN2O4. The van der Waals surface area contributed by atoms with Crippen molar-refractivity contribution in [3.8, 4) is 0 Å². The van der Waals surface area contributed by atoms with Crippen LogP contribution in [-0.4, -0.2) is 40.4 Å². The minimum absolute atomic E-state index is 0.267. The van der Waals surface area contributed by atoms with Crippen LogP contribution in [0.3, 0.4) is 0 Å². The first-order valence-corrected chi connectivity index (χ1v) is 9.07. The van der Waals surface area contributed by atoms with Crippen LogP contribution in [0.5, 0.6) is 0 Å². The van der Waals surface area contributed by atoms with Crippen molar-refractivity contribution in [3.63, 3.8) is 0 Å². The third-order valence-electron chi connectivity index (χ3n) is 5.04. The van der Waals surface area contributed by atoms with Crippen LogP contribution in [0.25, 0.3) is 0 Å². The second-order valence-electron chi connectivity index (χ2n) is 6.87. The normalized spacial score (nSPS) is 19.1. The monoisotopic (exact) mass is 384 g/mol. The number of carboxylic acid groups (broad SMARTS) is 1. The summed E-state index contributed by atoms with van der Waals surface area (Å²) in [7, 11) is 0. The number of nitrogens with one attached hydrogen (secondary N) is 1. The lowest BCUT2D eigenvalue weighted by Crippen LogP contribution is -2.49. The summed E-state index contributed by atoms with van der Waals surface area (Å²) in [6.45, 7) is 2.24. The molecule has 1 heterocycles. The highest BCUT2D eigenvalue weighted by molar-refractivity contribution is 6.05. The molecule has 0 radical (unpaired) electrons. The number of carbonyl (C=O) groups excluding carboxylic acids is 2. The Morgan fingerprint density at radius 2 is 1.82 bits per heavy atom. The minimum Gasteiger partial charge on any atom is -0.481 e. The summed E-state index contributed by atoms with van der Waals surface area (Å²) in [6.07, 6.45) is 1.18. The summed E-state index contributed by atoms with van der Waals surface area (Å²) in [4.78, 5) is 38.2. The number of nitrogens with zero attached hydrogens (tertiary/aromatic N) is 1. The van der Waals surface area contributed by atoms with Crippen molar-refractivity contribution in [2.24, 2.45) is 5.92 Å². The fourth-order valence-corrected chi connectivity index (χ4v) is 3.46. The highest BCUT2D eigenvalue weighted by atomic mass is 19.1. The van der Waals surface area contributed by atoms with Gasteiger partial charge in [0.25, 0.3) is 11.8 Å². The van der Waals surface area contributed by atoms with E-state index in [4.69, 9.17) is 0 Å². The second kappa shape index (κ2) is 8.21. The maximum absolute atomic E-state index is 13.0. The molecule has 6 nitrogen and oxygen atoms in total. The number of hydrogen-bond acceptors (Lipinski definition) is 3. The maximum Gasteiger partial charge on any atom is 0.308 e. The quantitative estimate of drug-likeness (QED) is 0.846. The van der Waals surface area contributed by atoms with Crippen molar-refractivity contribution in [2.45, 2.75) is 25.8 Å². The Morgan fingerprint density at radius 3 is 2.50 bits per heavy atom. The number of piperidine rings is 1. The molecule has 0 saturated carbocycles. The van der Waals surface area contributed by atoms with Crippen molar-refractivity contribution in [1.82, 2.24) is 4.90 Å².